The standard InChI is InChI=1S/C22H22N6O.ClH/c1-13-8-20(26-28-10-14(2)23-22(13)28)15-4-5-17(21(29)9-15)19-7-6-18(24-25-19)16-11-27(3)12-16;/h4-10,16,29H,11-12H2,1-3H3;1H. The van der Waals surface area contributed by atoms with Gasteiger partial charge < -0.3 is 10.0 Å². The first-order valence-corrected chi connectivity index (χ1v) is 9.67. The molecule has 1 fully saturated rings. The third-order valence-electron chi connectivity index (χ3n) is 5.47. The van der Waals surface area contributed by atoms with Crippen molar-refractivity contribution >= 4 is 18.1 Å². The van der Waals surface area contributed by atoms with Crippen molar-refractivity contribution in [1.82, 2.24) is 29.7 Å². The molecule has 0 aliphatic carbocycles. The minimum atomic E-state index is 0. The third kappa shape index (κ3) is 3.51. The number of imidazole rings is 1. The van der Waals surface area contributed by atoms with Crippen molar-refractivity contribution in [2.24, 2.45) is 0 Å². The molecule has 4 heterocycles. The van der Waals surface area contributed by atoms with Gasteiger partial charge in [0.15, 0.2) is 5.65 Å². The molecule has 5 rings (SSSR count). The molecule has 8 heteroatoms. The minimum absolute atomic E-state index is 0. The summed E-state index contributed by atoms with van der Waals surface area (Å²) in [5.41, 5.74) is 6.76. The highest BCUT2D eigenvalue weighted by Gasteiger charge is 2.26. The Morgan fingerprint density at radius 3 is 2.47 bits per heavy atom. The summed E-state index contributed by atoms with van der Waals surface area (Å²) in [5, 5.41) is 24.0. The Morgan fingerprint density at radius 1 is 1.00 bits per heavy atom. The highest BCUT2D eigenvalue weighted by molar-refractivity contribution is 5.85. The summed E-state index contributed by atoms with van der Waals surface area (Å²) < 4.78 is 1.78. The number of aryl methyl sites for hydroxylation is 2. The fourth-order valence-electron chi connectivity index (χ4n) is 3.88. The second-order valence-corrected chi connectivity index (χ2v) is 7.86. The van der Waals surface area contributed by atoms with Crippen molar-refractivity contribution in [2.45, 2.75) is 19.8 Å². The van der Waals surface area contributed by atoms with Gasteiger partial charge >= 0.3 is 0 Å². The molecule has 3 aromatic heterocycles. The molecule has 0 saturated carbocycles. The van der Waals surface area contributed by atoms with Crippen LogP contribution in [0.5, 0.6) is 5.75 Å². The third-order valence-corrected chi connectivity index (χ3v) is 5.47. The van der Waals surface area contributed by atoms with Crippen molar-refractivity contribution in [2.75, 3.05) is 20.1 Å². The zero-order valence-electron chi connectivity index (χ0n) is 17.1. The van der Waals surface area contributed by atoms with Crippen molar-refractivity contribution < 1.29 is 5.11 Å². The number of phenols is 1. The lowest BCUT2D eigenvalue weighted by molar-refractivity contribution is 0.186. The van der Waals surface area contributed by atoms with Crippen LogP contribution < -0.4 is 0 Å². The first-order chi connectivity index (χ1) is 14.0. The van der Waals surface area contributed by atoms with Gasteiger partial charge in [-0.05, 0) is 56.8 Å². The quantitative estimate of drug-likeness (QED) is 0.543. The number of rotatable bonds is 3. The molecule has 0 unspecified atom stereocenters. The molecule has 0 bridgehead atoms. The summed E-state index contributed by atoms with van der Waals surface area (Å²) in [6, 6.07) is 11.5. The molecule has 7 nitrogen and oxygen atoms in total. The van der Waals surface area contributed by atoms with Crippen molar-refractivity contribution in [3.8, 4) is 28.3 Å². The lowest BCUT2D eigenvalue weighted by Crippen LogP contribution is -2.42. The van der Waals surface area contributed by atoms with E-state index < -0.39 is 0 Å². The zero-order valence-corrected chi connectivity index (χ0v) is 17.9. The number of aromatic hydroxyl groups is 1. The topological polar surface area (TPSA) is 79.4 Å². The molecule has 0 radical (unpaired) electrons. The van der Waals surface area contributed by atoms with E-state index in [0.29, 0.717) is 17.2 Å². The number of aromatic nitrogens is 5. The van der Waals surface area contributed by atoms with Crippen LogP contribution in [0.4, 0.5) is 0 Å². The minimum Gasteiger partial charge on any atom is -0.507 e. The predicted octanol–water partition coefficient (Wildman–Crippen LogP) is 3.63. The van der Waals surface area contributed by atoms with Gasteiger partial charge in [-0.25, -0.2) is 9.50 Å². The van der Waals surface area contributed by atoms with Crippen LogP contribution >= 0.6 is 12.4 Å². The maximum absolute atomic E-state index is 10.6. The molecule has 154 valence electrons. The van der Waals surface area contributed by atoms with E-state index in [4.69, 9.17) is 0 Å². The van der Waals surface area contributed by atoms with E-state index in [-0.39, 0.29) is 18.2 Å². The first kappa shape index (κ1) is 20.3. The summed E-state index contributed by atoms with van der Waals surface area (Å²) in [7, 11) is 2.10. The molecule has 30 heavy (non-hydrogen) atoms. The van der Waals surface area contributed by atoms with Crippen molar-refractivity contribution in [1.29, 1.82) is 0 Å². The number of hydrogen-bond acceptors (Lipinski definition) is 6. The van der Waals surface area contributed by atoms with Crippen LogP contribution in [0, 0.1) is 13.8 Å². The van der Waals surface area contributed by atoms with Gasteiger partial charge in [0.2, 0.25) is 0 Å². The number of phenolic OH excluding ortho intramolecular Hbond substituents is 1. The molecule has 0 spiro atoms. The van der Waals surface area contributed by atoms with Crippen LogP contribution in [0.25, 0.3) is 28.2 Å². The average molecular weight is 423 g/mol. The number of likely N-dealkylation sites (tertiary alicyclic amines) is 1. The van der Waals surface area contributed by atoms with E-state index in [1.165, 1.54) is 0 Å². The fraction of sp³-hybridized carbons (Fsp3) is 0.273. The number of hydrogen-bond donors (Lipinski definition) is 1. The Bertz CT molecular complexity index is 1210. The summed E-state index contributed by atoms with van der Waals surface area (Å²) in [6.07, 6.45) is 1.90. The van der Waals surface area contributed by atoms with E-state index in [0.717, 1.165) is 46.9 Å². The van der Waals surface area contributed by atoms with Gasteiger partial charge in [0, 0.05) is 30.1 Å². The van der Waals surface area contributed by atoms with Crippen LogP contribution in [0.15, 0.2) is 42.6 Å². The highest BCUT2D eigenvalue weighted by Crippen LogP contribution is 2.33. The second kappa shape index (κ2) is 7.66. The number of benzene rings is 1. The molecule has 1 N–H and O–H groups in total. The van der Waals surface area contributed by atoms with E-state index in [2.05, 4.69) is 32.2 Å². The van der Waals surface area contributed by atoms with E-state index in [9.17, 15) is 5.11 Å². The van der Waals surface area contributed by atoms with Crippen LogP contribution in [0.2, 0.25) is 0 Å². The maximum Gasteiger partial charge on any atom is 0.156 e. The zero-order chi connectivity index (χ0) is 20.1. The van der Waals surface area contributed by atoms with Crippen LogP contribution in [-0.4, -0.2) is 54.9 Å². The Morgan fingerprint density at radius 2 is 1.80 bits per heavy atom. The molecule has 0 amide bonds. The molecule has 1 aliphatic heterocycles. The number of likely N-dealkylation sites (N-methyl/N-ethyl adjacent to an activating group) is 1. The molecule has 4 aromatic rings. The molecular weight excluding hydrogens is 400 g/mol. The largest absolute Gasteiger partial charge is 0.507 e. The summed E-state index contributed by atoms with van der Waals surface area (Å²) in [6.45, 7) is 5.99. The second-order valence-electron chi connectivity index (χ2n) is 7.86. The summed E-state index contributed by atoms with van der Waals surface area (Å²) in [4.78, 5) is 6.74. The van der Waals surface area contributed by atoms with Gasteiger partial charge in [0.1, 0.15) is 5.75 Å². The van der Waals surface area contributed by atoms with E-state index in [1.807, 2.05) is 50.4 Å². The monoisotopic (exact) mass is 422 g/mol. The van der Waals surface area contributed by atoms with Gasteiger partial charge in [-0.15, -0.1) is 12.4 Å². The van der Waals surface area contributed by atoms with E-state index >= 15 is 0 Å². The van der Waals surface area contributed by atoms with E-state index in [1.54, 1.807) is 10.6 Å². The van der Waals surface area contributed by atoms with Gasteiger partial charge in [-0.3, -0.25) is 0 Å². The normalized spacial score (nSPS) is 14.5. The predicted molar refractivity (Wildman–Crippen MR) is 118 cm³/mol. The molecule has 1 aliphatic rings. The first-order valence-electron chi connectivity index (χ1n) is 9.67. The van der Waals surface area contributed by atoms with Gasteiger partial charge in [-0.2, -0.15) is 15.3 Å². The Hall–Kier alpha value is -3.03. The number of halogens is 1. The summed E-state index contributed by atoms with van der Waals surface area (Å²) >= 11 is 0. The molecule has 1 aromatic carbocycles. The lowest BCUT2D eigenvalue weighted by atomic mass is 9.96. The van der Waals surface area contributed by atoms with Crippen LogP contribution in [-0.2, 0) is 0 Å². The highest BCUT2D eigenvalue weighted by atomic mass is 35.5. The van der Waals surface area contributed by atoms with Crippen LogP contribution in [0.3, 0.4) is 0 Å². The van der Waals surface area contributed by atoms with Crippen molar-refractivity contribution in [3.05, 3.63) is 59.5 Å². The lowest BCUT2D eigenvalue weighted by Gasteiger charge is -2.35. The average Bonchev–Trinajstić information content (AvgIpc) is 3.07. The Kier molecular flexibility index (Phi) is 5.17. The Balaban J connectivity index is 0.00000218. The SMILES string of the molecule is Cc1cn2nc(-c3ccc(-c4ccc(C5CN(C)C5)nn4)c(O)c3)cc(C)c2n1.Cl. The van der Waals surface area contributed by atoms with Gasteiger partial charge in [0.05, 0.1) is 29.0 Å². The Labute approximate surface area is 180 Å². The molecule has 0 atom stereocenters. The van der Waals surface area contributed by atoms with Gasteiger partial charge in [-0.1, -0.05) is 6.07 Å². The summed E-state index contributed by atoms with van der Waals surface area (Å²) in [5.74, 6) is 0.614. The van der Waals surface area contributed by atoms with Crippen LogP contribution in [0.1, 0.15) is 22.9 Å². The number of nitrogens with zero attached hydrogens (tertiary/aromatic N) is 6. The fourth-order valence-corrected chi connectivity index (χ4v) is 3.88. The smallest absolute Gasteiger partial charge is 0.156 e. The van der Waals surface area contributed by atoms with Gasteiger partial charge in [0.25, 0.3) is 0 Å². The molecular formula is C22H23ClN6O. The van der Waals surface area contributed by atoms with Crippen molar-refractivity contribution in [3.63, 3.8) is 0 Å². The number of fused-ring (bicyclic) bond motifs is 1. The maximum atomic E-state index is 10.6. The molecule has 1 saturated heterocycles.